The molecule has 0 bridgehead atoms. The molecule has 1 aromatic rings. The smallest absolute Gasteiger partial charge is 0.110 e. The lowest BCUT2D eigenvalue weighted by molar-refractivity contribution is 0.227. The van der Waals surface area contributed by atoms with E-state index in [9.17, 15) is 0 Å². The number of fused-ring (bicyclic) bond motifs is 1. The molecule has 1 aromatic heterocycles. The van der Waals surface area contributed by atoms with Crippen LogP contribution in [0.4, 0.5) is 0 Å². The van der Waals surface area contributed by atoms with Crippen LogP contribution < -0.4 is 0 Å². The van der Waals surface area contributed by atoms with E-state index in [0.29, 0.717) is 0 Å². The zero-order valence-corrected chi connectivity index (χ0v) is 14.4. The molecule has 5 heteroatoms. The third-order valence-electron chi connectivity index (χ3n) is 5.83. The summed E-state index contributed by atoms with van der Waals surface area (Å²) in [4.78, 5) is 12.6. The molecular formula is C18H31N5. The molecule has 0 amide bonds. The fourth-order valence-electron chi connectivity index (χ4n) is 4.35. The quantitative estimate of drug-likeness (QED) is 0.821. The monoisotopic (exact) mass is 317 g/mol. The molecule has 4 rings (SSSR count). The zero-order valence-electron chi connectivity index (χ0n) is 14.4. The van der Waals surface area contributed by atoms with Gasteiger partial charge in [0.05, 0.1) is 5.69 Å². The molecular weight excluding hydrogens is 286 g/mol. The minimum Gasteiger partial charge on any atom is -0.329 e. The second-order valence-electron chi connectivity index (χ2n) is 7.44. The van der Waals surface area contributed by atoms with Gasteiger partial charge in [0.25, 0.3) is 0 Å². The van der Waals surface area contributed by atoms with E-state index >= 15 is 0 Å². The van der Waals surface area contributed by atoms with Crippen LogP contribution in [-0.4, -0.2) is 76.6 Å². The van der Waals surface area contributed by atoms with Crippen LogP contribution in [0.15, 0.2) is 6.20 Å². The van der Waals surface area contributed by atoms with Gasteiger partial charge in [-0.25, -0.2) is 4.98 Å². The van der Waals surface area contributed by atoms with Crippen molar-refractivity contribution < 1.29 is 0 Å². The number of hydrogen-bond acceptors (Lipinski definition) is 4. The summed E-state index contributed by atoms with van der Waals surface area (Å²) in [6, 6.07) is 0. The predicted octanol–water partition coefficient (Wildman–Crippen LogP) is 1.43. The van der Waals surface area contributed by atoms with Crippen molar-refractivity contribution in [1.82, 2.24) is 24.3 Å². The number of imidazole rings is 1. The van der Waals surface area contributed by atoms with E-state index in [-0.39, 0.29) is 0 Å². The highest BCUT2D eigenvalue weighted by atomic mass is 15.2. The van der Waals surface area contributed by atoms with Crippen LogP contribution in [-0.2, 0) is 19.5 Å². The van der Waals surface area contributed by atoms with Crippen LogP contribution in [0, 0.1) is 0 Å². The van der Waals surface area contributed by atoms with Gasteiger partial charge in [0.1, 0.15) is 5.82 Å². The Morgan fingerprint density at radius 3 is 2.13 bits per heavy atom. The third-order valence-corrected chi connectivity index (χ3v) is 5.83. The predicted molar refractivity (Wildman–Crippen MR) is 92.6 cm³/mol. The maximum absolute atomic E-state index is 4.73. The average Bonchev–Trinajstić information content (AvgIpc) is 3.29. The number of hydrogen-bond donors (Lipinski definition) is 0. The highest BCUT2D eigenvalue weighted by Crippen LogP contribution is 2.17. The van der Waals surface area contributed by atoms with Crippen molar-refractivity contribution in [3.05, 3.63) is 17.7 Å². The molecule has 2 saturated heterocycles. The van der Waals surface area contributed by atoms with E-state index in [1.165, 1.54) is 89.6 Å². The Morgan fingerprint density at radius 1 is 0.739 bits per heavy atom. The van der Waals surface area contributed by atoms with Crippen LogP contribution in [0.3, 0.4) is 0 Å². The van der Waals surface area contributed by atoms with Crippen molar-refractivity contribution in [2.24, 2.45) is 0 Å². The molecule has 0 spiro atoms. The van der Waals surface area contributed by atoms with E-state index in [2.05, 4.69) is 25.5 Å². The molecule has 0 atom stereocenters. The van der Waals surface area contributed by atoms with Crippen LogP contribution in [0.25, 0.3) is 0 Å². The van der Waals surface area contributed by atoms with Gasteiger partial charge in [0, 0.05) is 51.9 Å². The van der Waals surface area contributed by atoms with Gasteiger partial charge in [-0.1, -0.05) is 0 Å². The van der Waals surface area contributed by atoms with Gasteiger partial charge in [0.15, 0.2) is 0 Å². The van der Waals surface area contributed by atoms with Gasteiger partial charge in [0.2, 0.25) is 0 Å². The molecule has 4 heterocycles. The van der Waals surface area contributed by atoms with E-state index in [4.69, 9.17) is 4.98 Å². The second kappa shape index (κ2) is 7.32. The molecule has 0 saturated carbocycles. The minimum atomic E-state index is 1.10. The van der Waals surface area contributed by atoms with Crippen molar-refractivity contribution in [2.45, 2.75) is 45.2 Å². The van der Waals surface area contributed by atoms with Crippen LogP contribution >= 0.6 is 0 Å². The highest BCUT2D eigenvalue weighted by Gasteiger charge is 2.20. The van der Waals surface area contributed by atoms with Gasteiger partial charge < -0.3 is 9.47 Å². The van der Waals surface area contributed by atoms with Crippen LogP contribution in [0.5, 0.6) is 0 Å². The number of likely N-dealkylation sites (tertiary alicyclic amines) is 2. The van der Waals surface area contributed by atoms with E-state index in [0.717, 1.165) is 19.5 Å². The lowest BCUT2D eigenvalue weighted by Gasteiger charge is -2.23. The van der Waals surface area contributed by atoms with Crippen molar-refractivity contribution in [3.8, 4) is 0 Å². The van der Waals surface area contributed by atoms with Crippen LogP contribution in [0.2, 0.25) is 0 Å². The zero-order chi connectivity index (χ0) is 15.5. The lowest BCUT2D eigenvalue weighted by Crippen LogP contribution is -2.35. The Labute approximate surface area is 140 Å². The van der Waals surface area contributed by atoms with E-state index in [1.807, 2.05) is 0 Å². The first-order valence-electron chi connectivity index (χ1n) is 9.59. The lowest BCUT2D eigenvalue weighted by atomic mass is 10.3. The fraction of sp³-hybridized carbons (Fsp3) is 0.833. The fourth-order valence-corrected chi connectivity index (χ4v) is 4.35. The molecule has 0 aromatic carbocycles. The first-order valence-corrected chi connectivity index (χ1v) is 9.59. The number of rotatable bonds is 5. The molecule has 0 unspecified atom stereocenters. The topological polar surface area (TPSA) is 27.5 Å². The van der Waals surface area contributed by atoms with Crippen molar-refractivity contribution in [1.29, 1.82) is 0 Å². The Bertz CT molecular complexity index is 500. The Morgan fingerprint density at radius 2 is 1.39 bits per heavy atom. The molecule has 23 heavy (non-hydrogen) atoms. The van der Waals surface area contributed by atoms with Crippen molar-refractivity contribution >= 4 is 0 Å². The maximum atomic E-state index is 4.73. The normalized spacial score (nSPS) is 24.2. The highest BCUT2D eigenvalue weighted by molar-refractivity contribution is 5.08. The van der Waals surface area contributed by atoms with Crippen molar-refractivity contribution in [2.75, 3.05) is 52.4 Å². The maximum Gasteiger partial charge on any atom is 0.110 e. The summed E-state index contributed by atoms with van der Waals surface area (Å²) in [6.07, 6.45) is 8.77. The summed E-state index contributed by atoms with van der Waals surface area (Å²) >= 11 is 0. The van der Waals surface area contributed by atoms with Gasteiger partial charge in [-0.2, -0.15) is 0 Å². The van der Waals surface area contributed by atoms with Crippen molar-refractivity contribution in [3.63, 3.8) is 0 Å². The molecule has 3 aliphatic rings. The summed E-state index contributed by atoms with van der Waals surface area (Å²) in [7, 11) is 0. The number of aromatic nitrogens is 2. The van der Waals surface area contributed by atoms with Gasteiger partial charge in [-0.15, -0.1) is 0 Å². The SMILES string of the molecule is c1nc2n(c1CN1CCCC1)CCN(CCN1CCCC1)CC2. The van der Waals surface area contributed by atoms with E-state index < -0.39 is 0 Å². The van der Waals surface area contributed by atoms with Crippen LogP contribution in [0.1, 0.15) is 37.2 Å². The third kappa shape index (κ3) is 3.78. The Hall–Kier alpha value is -0.910. The molecule has 3 aliphatic heterocycles. The summed E-state index contributed by atoms with van der Waals surface area (Å²) in [6.45, 7) is 12.2. The first kappa shape index (κ1) is 15.6. The Kier molecular flexibility index (Phi) is 4.97. The molecule has 5 nitrogen and oxygen atoms in total. The molecule has 128 valence electrons. The van der Waals surface area contributed by atoms with Gasteiger partial charge >= 0.3 is 0 Å². The standard InChI is InChI=1S/C18H31N5/c1-2-7-20(6-1)11-12-21-10-5-18-19-15-17(23(18)14-13-21)16-22-8-3-4-9-22/h15H,1-14,16H2. The Balaban J connectivity index is 1.32. The van der Waals surface area contributed by atoms with Gasteiger partial charge in [-0.05, 0) is 51.9 Å². The average molecular weight is 317 g/mol. The molecule has 2 fully saturated rings. The summed E-state index contributed by atoms with van der Waals surface area (Å²) in [5.41, 5.74) is 1.43. The summed E-state index contributed by atoms with van der Waals surface area (Å²) in [5.74, 6) is 1.31. The minimum absolute atomic E-state index is 1.10. The first-order chi connectivity index (χ1) is 11.4. The molecule has 0 radical (unpaired) electrons. The number of nitrogens with zero attached hydrogens (tertiary/aromatic N) is 5. The van der Waals surface area contributed by atoms with Gasteiger partial charge in [-0.3, -0.25) is 9.80 Å². The largest absolute Gasteiger partial charge is 0.329 e. The summed E-state index contributed by atoms with van der Waals surface area (Å²) < 4.78 is 2.51. The summed E-state index contributed by atoms with van der Waals surface area (Å²) in [5, 5.41) is 0. The van der Waals surface area contributed by atoms with E-state index in [1.54, 1.807) is 0 Å². The molecule has 0 N–H and O–H groups in total. The molecule has 0 aliphatic carbocycles. The second-order valence-corrected chi connectivity index (χ2v) is 7.44.